The predicted molar refractivity (Wildman–Crippen MR) is 84.5 cm³/mol. The second-order valence-electron chi connectivity index (χ2n) is 4.98. The molecule has 0 saturated carbocycles. The summed E-state index contributed by atoms with van der Waals surface area (Å²) in [6.45, 7) is 4.42. The fraction of sp³-hybridized carbons (Fsp3) is 0.333. The van der Waals surface area contributed by atoms with Crippen molar-refractivity contribution in [3.8, 4) is 11.3 Å². The van der Waals surface area contributed by atoms with Gasteiger partial charge < -0.3 is 5.11 Å². The van der Waals surface area contributed by atoms with Crippen LogP contribution >= 0.6 is 23.1 Å². The molecule has 0 amide bonds. The molecule has 0 aliphatic heterocycles. The van der Waals surface area contributed by atoms with Gasteiger partial charge in [0.05, 0.1) is 11.4 Å². The molecular weight excluding hydrogens is 290 g/mol. The molecule has 3 nitrogen and oxygen atoms in total. The van der Waals surface area contributed by atoms with E-state index in [0.717, 1.165) is 22.0 Å². The minimum atomic E-state index is -0.815. The number of aromatic nitrogens is 1. The Morgan fingerprint density at radius 2 is 2.05 bits per heavy atom. The molecule has 20 heavy (non-hydrogen) atoms. The van der Waals surface area contributed by atoms with E-state index in [1.807, 2.05) is 5.38 Å². The highest BCUT2D eigenvalue weighted by molar-refractivity contribution is 8.01. The summed E-state index contributed by atoms with van der Waals surface area (Å²) in [6.07, 6.45) is 1.08. The molecule has 0 saturated heterocycles. The molecule has 0 fully saturated rings. The van der Waals surface area contributed by atoms with Crippen LogP contribution in [-0.4, -0.2) is 21.8 Å². The second kappa shape index (κ2) is 6.90. The van der Waals surface area contributed by atoms with Crippen LogP contribution < -0.4 is 0 Å². The first-order valence-electron chi connectivity index (χ1n) is 6.44. The largest absolute Gasteiger partial charge is 0.481 e. The molecule has 0 radical (unpaired) electrons. The molecule has 2 aromatic rings. The van der Waals surface area contributed by atoms with Crippen LogP contribution in [0.5, 0.6) is 0 Å². The zero-order chi connectivity index (χ0) is 14.5. The smallest absolute Gasteiger partial charge is 0.313 e. The van der Waals surface area contributed by atoms with Crippen LogP contribution in [-0.2, 0) is 11.2 Å². The van der Waals surface area contributed by atoms with Crippen LogP contribution in [0.2, 0.25) is 0 Å². The van der Waals surface area contributed by atoms with E-state index in [-0.39, 0.29) is 5.75 Å². The Hall–Kier alpha value is -1.33. The van der Waals surface area contributed by atoms with E-state index in [0.29, 0.717) is 5.92 Å². The third kappa shape index (κ3) is 4.35. The Morgan fingerprint density at radius 1 is 1.35 bits per heavy atom. The summed E-state index contributed by atoms with van der Waals surface area (Å²) in [4.78, 5) is 15.0. The van der Waals surface area contributed by atoms with E-state index in [1.54, 1.807) is 0 Å². The average Bonchev–Trinajstić information content (AvgIpc) is 2.85. The highest BCUT2D eigenvalue weighted by atomic mass is 32.2. The fourth-order valence-corrected chi connectivity index (χ4v) is 3.42. The Labute approximate surface area is 127 Å². The Balaban J connectivity index is 2.06. The Kier molecular flexibility index (Phi) is 5.20. The normalized spacial score (nSPS) is 10.9. The summed E-state index contributed by atoms with van der Waals surface area (Å²) in [5, 5.41) is 10.6. The molecular formula is C15H17NO2S2. The number of carboxylic acids is 1. The van der Waals surface area contributed by atoms with Crippen LogP contribution in [0.4, 0.5) is 0 Å². The number of benzene rings is 1. The van der Waals surface area contributed by atoms with Crippen molar-refractivity contribution in [2.75, 3.05) is 5.75 Å². The Morgan fingerprint density at radius 3 is 2.65 bits per heavy atom. The molecule has 106 valence electrons. The van der Waals surface area contributed by atoms with Crippen molar-refractivity contribution >= 4 is 29.1 Å². The summed E-state index contributed by atoms with van der Waals surface area (Å²) >= 11 is 2.75. The summed E-state index contributed by atoms with van der Waals surface area (Å²) in [6, 6.07) is 8.44. The minimum absolute atomic E-state index is 0.0558. The van der Waals surface area contributed by atoms with E-state index >= 15 is 0 Å². The van der Waals surface area contributed by atoms with Gasteiger partial charge in [-0.05, 0) is 17.9 Å². The number of rotatable bonds is 6. The van der Waals surface area contributed by atoms with E-state index < -0.39 is 5.97 Å². The summed E-state index contributed by atoms with van der Waals surface area (Å²) < 4.78 is 0.800. The van der Waals surface area contributed by atoms with E-state index in [4.69, 9.17) is 5.11 Å². The first-order chi connectivity index (χ1) is 9.54. The molecule has 1 aromatic heterocycles. The number of hydrogen-bond acceptors (Lipinski definition) is 4. The molecule has 0 unspecified atom stereocenters. The van der Waals surface area contributed by atoms with Crippen molar-refractivity contribution in [2.24, 2.45) is 5.92 Å². The lowest BCUT2D eigenvalue weighted by Gasteiger charge is -2.05. The predicted octanol–water partition coefficient (Wildman–Crippen LogP) is 4.19. The molecule has 1 aromatic carbocycles. The van der Waals surface area contributed by atoms with Gasteiger partial charge in [-0.3, -0.25) is 4.79 Å². The number of carboxylic acid groups (broad SMARTS) is 1. The molecule has 0 bridgehead atoms. The minimum Gasteiger partial charge on any atom is -0.481 e. The third-order valence-electron chi connectivity index (χ3n) is 2.70. The van der Waals surface area contributed by atoms with Gasteiger partial charge in [0, 0.05) is 10.9 Å². The van der Waals surface area contributed by atoms with Crippen LogP contribution in [0.3, 0.4) is 0 Å². The topological polar surface area (TPSA) is 50.2 Å². The maximum atomic E-state index is 10.5. The number of nitrogens with zero attached hydrogens (tertiary/aromatic N) is 1. The van der Waals surface area contributed by atoms with Crippen molar-refractivity contribution in [1.82, 2.24) is 4.98 Å². The highest BCUT2D eigenvalue weighted by Crippen LogP contribution is 2.28. The molecule has 1 heterocycles. The van der Waals surface area contributed by atoms with E-state index in [2.05, 4.69) is 43.1 Å². The lowest BCUT2D eigenvalue weighted by molar-refractivity contribution is -0.133. The van der Waals surface area contributed by atoms with Gasteiger partial charge in [-0.25, -0.2) is 4.98 Å². The molecule has 0 atom stereocenters. The van der Waals surface area contributed by atoms with Crippen molar-refractivity contribution in [1.29, 1.82) is 0 Å². The lowest BCUT2D eigenvalue weighted by Crippen LogP contribution is -1.97. The molecule has 0 spiro atoms. The summed E-state index contributed by atoms with van der Waals surface area (Å²) in [5.74, 6) is -0.107. The van der Waals surface area contributed by atoms with Gasteiger partial charge in [0.2, 0.25) is 0 Å². The zero-order valence-corrected chi connectivity index (χ0v) is 13.1. The number of carbonyl (C=O) groups is 1. The van der Waals surface area contributed by atoms with Gasteiger partial charge >= 0.3 is 5.97 Å². The second-order valence-corrected chi connectivity index (χ2v) is 7.06. The van der Waals surface area contributed by atoms with Crippen LogP contribution in [0.25, 0.3) is 11.3 Å². The molecule has 0 aliphatic carbocycles. The maximum Gasteiger partial charge on any atom is 0.313 e. The number of thioether (sulfide) groups is 1. The zero-order valence-electron chi connectivity index (χ0n) is 11.5. The first kappa shape index (κ1) is 15.1. The van der Waals surface area contributed by atoms with Crippen LogP contribution in [0.1, 0.15) is 19.4 Å². The van der Waals surface area contributed by atoms with E-state index in [9.17, 15) is 4.79 Å². The van der Waals surface area contributed by atoms with Gasteiger partial charge in [-0.2, -0.15) is 0 Å². The van der Waals surface area contributed by atoms with Crippen molar-refractivity contribution in [3.05, 3.63) is 35.2 Å². The summed E-state index contributed by atoms with van der Waals surface area (Å²) in [5.41, 5.74) is 3.33. The van der Waals surface area contributed by atoms with E-state index in [1.165, 1.54) is 28.7 Å². The Bertz CT molecular complexity index is 576. The van der Waals surface area contributed by atoms with Gasteiger partial charge in [-0.1, -0.05) is 49.9 Å². The van der Waals surface area contributed by atoms with Gasteiger partial charge in [0.15, 0.2) is 4.34 Å². The first-order valence-corrected chi connectivity index (χ1v) is 8.30. The quantitative estimate of drug-likeness (QED) is 0.813. The van der Waals surface area contributed by atoms with Gasteiger partial charge in [0.1, 0.15) is 0 Å². The maximum absolute atomic E-state index is 10.5. The molecule has 1 N–H and O–H groups in total. The number of thiazole rings is 1. The number of aliphatic carboxylic acids is 1. The standard InChI is InChI=1S/C15H17NO2S2/c1-10(2)7-11-3-5-12(6-4-11)13-8-19-15(16-13)20-9-14(17)18/h3-6,8,10H,7,9H2,1-2H3,(H,17,18). The SMILES string of the molecule is CC(C)Cc1ccc(-c2csc(SCC(=O)O)n2)cc1. The van der Waals surface area contributed by atoms with Crippen molar-refractivity contribution < 1.29 is 9.90 Å². The van der Waals surface area contributed by atoms with Crippen molar-refractivity contribution in [2.45, 2.75) is 24.6 Å². The van der Waals surface area contributed by atoms with Crippen molar-refractivity contribution in [3.63, 3.8) is 0 Å². The lowest BCUT2D eigenvalue weighted by atomic mass is 10.0. The summed E-state index contributed by atoms with van der Waals surface area (Å²) in [7, 11) is 0. The molecule has 0 aliphatic rings. The third-order valence-corrected chi connectivity index (χ3v) is 4.70. The van der Waals surface area contributed by atoms with Crippen LogP contribution in [0, 0.1) is 5.92 Å². The molecule has 2 rings (SSSR count). The average molecular weight is 307 g/mol. The fourth-order valence-electron chi connectivity index (χ4n) is 1.86. The van der Waals surface area contributed by atoms with Gasteiger partial charge in [-0.15, -0.1) is 11.3 Å². The van der Waals surface area contributed by atoms with Crippen LogP contribution in [0.15, 0.2) is 34.0 Å². The van der Waals surface area contributed by atoms with Gasteiger partial charge in [0.25, 0.3) is 0 Å². The monoisotopic (exact) mass is 307 g/mol. The molecule has 5 heteroatoms. The number of hydrogen-bond donors (Lipinski definition) is 1. The highest BCUT2D eigenvalue weighted by Gasteiger charge is 2.07.